The van der Waals surface area contributed by atoms with E-state index in [2.05, 4.69) is 24.1 Å². The number of nitrogens with zero attached hydrogens (tertiary/aromatic N) is 4. The predicted octanol–water partition coefficient (Wildman–Crippen LogP) is 4.49. The third kappa shape index (κ3) is 21.5. The largest absolute Gasteiger partial charge is 0.463 e. The topological polar surface area (TPSA) is 147 Å². The molecule has 1 saturated heterocycles. The number of thioether (sulfide) groups is 1. The number of amides is 4. The number of nitrogens with one attached hydrogen (secondary N) is 1. The highest BCUT2D eigenvalue weighted by Crippen LogP contribution is 2.33. The van der Waals surface area contributed by atoms with E-state index in [0.717, 1.165) is 5.75 Å². The highest BCUT2D eigenvalue weighted by molar-refractivity contribution is 8.32. The van der Waals surface area contributed by atoms with Crippen LogP contribution in [0.2, 0.25) is 0 Å². The standard InChI is InChI=1S/C35H67N5O9S2/c1-33(2,3)47-30(43)38-17-15-37(26-28(41)36-27(14-24-50-10)29(42)46-23-25-51(11,12)13)16-18-39(31(44)48-34(4,5)6)20-22-40(21-19-38)32(45)49-35(7,8)9/h27H,14-26H2,1-13H3,(H,36,41). The van der Waals surface area contributed by atoms with Gasteiger partial charge in [-0.15, -0.1) is 0 Å². The van der Waals surface area contributed by atoms with Crippen molar-refractivity contribution in [2.45, 2.75) is 91.6 Å². The molecule has 1 aliphatic heterocycles. The zero-order chi connectivity index (χ0) is 39.2. The first-order valence-electron chi connectivity index (χ1n) is 17.6. The van der Waals surface area contributed by atoms with Crippen LogP contribution in [0.15, 0.2) is 0 Å². The fourth-order valence-corrected chi connectivity index (χ4v) is 5.61. The Bertz CT molecular complexity index is 1100. The lowest BCUT2D eigenvalue weighted by Crippen LogP contribution is -2.53. The van der Waals surface area contributed by atoms with Crippen molar-refractivity contribution in [3.63, 3.8) is 0 Å². The maximum Gasteiger partial charge on any atom is 0.410 e. The van der Waals surface area contributed by atoms with Crippen LogP contribution in [-0.4, -0.2) is 175 Å². The van der Waals surface area contributed by atoms with Crippen molar-refractivity contribution in [1.82, 2.24) is 24.9 Å². The average Bonchev–Trinajstić information content (AvgIpc) is 2.93. The first kappa shape index (κ1) is 46.4. The van der Waals surface area contributed by atoms with Crippen LogP contribution in [0.3, 0.4) is 0 Å². The summed E-state index contributed by atoms with van der Waals surface area (Å²) in [4.78, 5) is 72.8. The summed E-state index contributed by atoms with van der Waals surface area (Å²) in [5.74, 6) is 0.587. The van der Waals surface area contributed by atoms with E-state index in [4.69, 9.17) is 18.9 Å². The second kappa shape index (κ2) is 20.6. The molecule has 0 aromatic rings. The molecular formula is C35H67N5O9S2. The molecule has 1 rings (SSSR count). The van der Waals surface area contributed by atoms with E-state index in [-0.39, 0.29) is 64.8 Å². The van der Waals surface area contributed by atoms with Gasteiger partial charge in [-0.3, -0.25) is 9.69 Å². The molecule has 1 aliphatic rings. The molecule has 0 saturated carbocycles. The summed E-state index contributed by atoms with van der Waals surface area (Å²) in [6, 6.07) is -0.803. The molecule has 1 fully saturated rings. The quantitative estimate of drug-likeness (QED) is 0.248. The summed E-state index contributed by atoms with van der Waals surface area (Å²) < 4.78 is 22.6. The summed E-state index contributed by atoms with van der Waals surface area (Å²) in [5, 5.41) is 2.87. The number of carbonyl (C=O) groups excluding carboxylic acids is 5. The number of ether oxygens (including phenoxy) is 4. The SMILES string of the molecule is CSCCC(NC(=O)CN1CCN(C(=O)OC(C)(C)C)CCN(C(=O)OC(C)(C)C)CCN(C(=O)OC(C)(C)C)CC1)C(=O)OCCS(C)(C)C. The van der Waals surface area contributed by atoms with Gasteiger partial charge < -0.3 is 39.0 Å². The molecule has 0 bridgehead atoms. The number of rotatable bonds is 10. The van der Waals surface area contributed by atoms with Gasteiger partial charge in [0.15, 0.2) is 0 Å². The van der Waals surface area contributed by atoms with Gasteiger partial charge in [0.1, 0.15) is 22.8 Å². The first-order chi connectivity index (χ1) is 23.3. The van der Waals surface area contributed by atoms with Gasteiger partial charge in [0.05, 0.1) is 13.2 Å². The Labute approximate surface area is 312 Å². The zero-order valence-corrected chi connectivity index (χ0v) is 35.2. The van der Waals surface area contributed by atoms with E-state index in [1.807, 2.05) is 11.2 Å². The smallest absolute Gasteiger partial charge is 0.410 e. The molecule has 0 aromatic carbocycles. The van der Waals surface area contributed by atoms with Crippen molar-refractivity contribution in [3.05, 3.63) is 0 Å². The molecule has 0 aromatic heterocycles. The molecule has 298 valence electrons. The molecule has 1 heterocycles. The van der Waals surface area contributed by atoms with Gasteiger partial charge >= 0.3 is 24.2 Å². The van der Waals surface area contributed by atoms with Gasteiger partial charge in [-0.25, -0.2) is 29.2 Å². The fraction of sp³-hybridized carbons (Fsp3) is 0.857. The van der Waals surface area contributed by atoms with Gasteiger partial charge in [-0.1, -0.05) is 0 Å². The lowest BCUT2D eigenvalue weighted by molar-refractivity contribution is -0.147. The maximum atomic E-state index is 13.5. The van der Waals surface area contributed by atoms with Crippen LogP contribution in [0.25, 0.3) is 0 Å². The van der Waals surface area contributed by atoms with Crippen LogP contribution in [0, 0.1) is 0 Å². The minimum absolute atomic E-state index is 0.0937. The van der Waals surface area contributed by atoms with Crippen molar-refractivity contribution in [2.24, 2.45) is 0 Å². The van der Waals surface area contributed by atoms with Crippen molar-refractivity contribution >= 4 is 51.9 Å². The van der Waals surface area contributed by atoms with Crippen LogP contribution in [0.1, 0.15) is 68.7 Å². The summed E-state index contributed by atoms with van der Waals surface area (Å²) in [6.07, 6.45) is 7.12. The second-order valence-electron chi connectivity index (χ2n) is 16.5. The molecule has 4 amide bonds. The molecule has 1 atom stereocenters. The Balaban J connectivity index is 3.34. The summed E-state index contributed by atoms with van der Waals surface area (Å²) in [6.45, 7) is 17.5. The molecule has 0 aliphatic carbocycles. The van der Waals surface area contributed by atoms with Crippen molar-refractivity contribution in [3.8, 4) is 0 Å². The van der Waals surface area contributed by atoms with Crippen molar-refractivity contribution in [2.75, 3.05) is 102 Å². The third-order valence-electron chi connectivity index (χ3n) is 7.14. The maximum absolute atomic E-state index is 13.5. The molecule has 0 spiro atoms. The highest BCUT2D eigenvalue weighted by Gasteiger charge is 2.30. The normalized spacial score (nSPS) is 17.0. The van der Waals surface area contributed by atoms with E-state index < -0.39 is 57.1 Å². The Morgan fingerprint density at radius 3 is 1.37 bits per heavy atom. The van der Waals surface area contributed by atoms with Gasteiger partial charge in [-0.05, 0) is 99.5 Å². The van der Waals surface area contributed by atoms with E-state index >= 15 is 0 Å². The molecular weight excluding hydrogens is 699 g/mol. The average molecular weight is 766 g/mol. The van der Waals surface area contributed by atoms with E-state index in [1.165, 1.54) is 14.7 Å². The Morgan fingerprint density at radius 2 is 1.04 bits per heavy atom. The van der Waals surface area contributed by atoms with Crippen LogP contribution in [0.4, 0.5) is 14.4 Å². The number of carbonyl (C=O) groups is 5. The summed E-state index contributed by atoms with van der Waals surface area (Å²) in [5.41, 5.74) is -2.27. The zero-order valence-electron chi connectivity index (χ0n) is 33.5. The molecule has 1 N–H and O–H groups in total. The molecule has 51 heavy (non-hydrogen) atoms. The van der Waals surface area contributed by atoms with E-state index in [1.54, 1.807) is 74.1 Å². The Hall–Kier alpha value is -2.59. The van der Waals surface area contributed by atoms with E-state index in [0.29, 0.717) is 18.8 Å². The van der Waals surface area contributed by atoms with E-state index in [9.17, 15) is 24.0 Å². The number of hydrogen-bond acceptors (Lipinski definition) is 11. The second-order valence-corrected chi connectivity index (χ2v) is 22.1. The van der Waals surface area contributed by atoms with Crippen molar-refractivity contribution < 1.29 is 42.9 Å². The molecule has 0 radical (unpaired) electrons. The van der Waals surface area contributed by atoms with Crippen LogP contribution < -0.4 is 5.32 Å². The summed E-state index contributed by atoms with van der Waals surface area (Å²) in [7, 11) is -0.853. The monoisotopic (exact) mass is 765 g/mol. The molecule has 1 unspecified atom stereocenters. The van der Waals surface area contributed by atoms with Crippen LogP contribution in [-0.2, 0) is 28.5 Å². The number of hydrogen-bond donors (Lipinski definition) is 1. The summed E-state index contributed by atoms with van der Waals surface area (Å²) >= 11 is 1.57. The highest BCUT2D eigenvalue weighted by atomic mass is 32.3. The lowest BCUT2D eigenvalue weighted by atomic mass is 10.2. The third-order valence-corrected chi connectivity index (χ3v) is 9.18. The van der Waals surface area contributed by atoms with Gasteiger partial charge in [0.2, 0.25) is 5.91 Å². The molecule has 14 nitrogen and oxygen atoms in total. The fourth-order valence-electron chi connectivity index (χ4n) is 4.56. The molecule has 16 heteroatoms. The van der Waals surface area contributed by atoms with Gasteiger partial charge in [0, 0.05) is 58.1 Å². The Kier molecular flexibility index (Phi) is 18.8. The number of esters is 1. The van der Waals surface area contributed by atoms with Crippen molar-refractivity contribution in [1.29, 1.82) is 0 Å². The Morgan fingerprint density at radius 1 is 0.667 bits per heavy atom. The van der Waals surface area contributed by atoms with Crippen LogP contribution in [0.5, 0.6) is 0 Å². The van der Waals surface area contributed by atoms with Gasteiger partial charge in [-0.2, -0.15) is 11.8 Å². The predicted molar refractivity (Wildman–Crippen MR) is 206 cm³/mol. The minimum Gasteiger partial charge on any atom is -0.463 e. The lowest BCUT2D eigenvalue weighted by Gasteiger charge is -2.35. The van der Waals surface area contributed by atoms with Crippen LogP contribution >= 0.6 is 21.8 Å². The first-order valence-corrected chi connectivity index (χ1v) is 22.0. The minimum atomic E-state index is -0.853. The van der Waals surface area contributed by atoms with Gasteiger partial charge in [0.25, 0.3) is 0 Å².